The number of rotatable bonds is 5. The third-order valence-electron chi connectivity index (χ3n) is 6.52. The average Bonchev–Trinajstić information content (AvgIpc) is 2.85. The number of ketones is 1. The summed E-state index contributed by atoms with van der Waals surface area (Å²) >= 11 is 0. The number of anilines is 1. The number of benzene rings is 2. The fourth-order valence-corrected chi connectivity index (χ4v) is 4.64. The molecule has 32 heavy (non-hydrogen) atoms. The molecule has 2 heterocycles. The molecule has 1 aromatic heterocycles. The van der Waals surface area contributed by atoms with Crippen molar-refractivity contribution in [3.05, 3.63) is 83.2 Å². The zero-order valence-electron chi connectivity index (χ0n) is 18.4. The lowest BCUT2D eigenvalue weighted by Gasteiger charge is -2.35. The molecule has 2 aliphatic rings. The van der Waals surface area contributed by atoms with Crippen LogP contribution in [0.3, 0.4) is 0 Å². The maximum Gasteiger partial charge on any atom is 0.225 e. The van der Waals surface area contributed by atoms with Crippen LogP contribution >= 0.6 is 0 Å². The fraction of sp³-hybridized carbons (Fsp3) is 0.346. The minimum Gasteiger partial charge on any atom is -0.497 e. The molecule has 164 valence electrons. The maximum atomic E-state index is 12.7. The number of hydrogen-bond donors (Lipinski definition) is 0. The second-order valence-corrected chi connectivity index (χ2v) is 8.58. The number of Topliss-reactive ketones (excluding diaryl/α,β-unsaturated/α-hetero) is 1. The first-order valence-electron chi connectivity index (χ1n) is 11.2. The van der Waals surface area contributed by atoms with Crippen LogP contribution in [0.25, 0.3) is 0 Å². The Labute approximate surface area is 188 Å². The van der Waals surface area contributed by atoms with E-state index in [2.05, 4.69) is 39.0 Å². The Morgan fingerprint density at radius 2 is 1.72 bits per heavy atom. The predicted molar refractivity (Wildman–Crippen MR) is 124 cm³/mol. The highest BCUT2D eigenvalue weighted by Crippen LogP contribution is 2.32. The topological polar surface area (TPSA) is 58.6 Å². The lowest BCUT2D eigenvalue weighted by molar-refractivity contribution is 0.0962. The van der Waals surface area contributed by atoms with E-state index in [9.17, 15) is 4.79 Å². The third-order valence-corrected chi connectivity index (χ3v) is 6.52. The molecule has 1 unspecified atom stereocenters. The largest absolute Gasteiger partial charge is 0.497 e. The number of ether oxygens (including phenoxy) is 1. The summed E-state index contributed by atoms with van der Waals surface area (Å²) in [5.74, 6) is 1.97. The van der Waals surface area contributed by atoms with E-state index >= 15 is 0 Å². The summed E-state index contributed by atoms with van der Waals surface area (Å²) in [5.41, 5.74) is 4.08. The summed E-state index contributed by atoms with van der Waals surface area (Å²) < 4.78 is 5.24. The van der Waals surface area contributed by atoms with E-state index < -0.39 is 0 Å². The standard InChI is InChI=1S/C26H28N4O2/c1-32-22-9-7-19(8-10-22)18-29-11-13-30(14-12-29)26-27-17-23-24(28-26)15-21(16-25(23)31)20-5-3-2-4-6-20/h2-10,17,21H,11-16,18H2,1H3. The summed E-state index contributed by atoms with van der Waals surface area (Å²) in [6.07, 6.45) is 3.06. The first-order chi connectivity index (χ1) is 15.7. The lowest BCUT2D eigenvalue weighted by atomic mass is 9.82. The molecule has 5 rings (SSSR count). The number of fused-ring (bicyclic) bond motifs is 1. The van der Waals surface area contributed by atoms with Crippen molar-refractivity contribution in [2.75, 3.05) is 38.2 Å². The quantitative estimate of drug-likeness (QED) is 0.617. The molecular formula is C26H28N4O2. The molecule has 0 spiro atoms. The molecule has 0 radical (unpaired) electrons. The zero-order chi connectivity index (χ0) is 21.9. The number of carbonyl (C=O) groups is 1. The Kier molecular flexibility index (Phi) is 5.86. The summed E-state index contributed by atoms with van der Waals surface area (Å²) in [6.45, 7) is 4.60. The highest BCUT2D eigenvalue weighted by atomic mass is 16.5. The van der Waals surface area contributed by atoms with Gasteiger partial charge in [0.25, 0.3) is 0 Å². The van der Waals surface area contributed by atoms with Gasteiger partial charge in [0, 0.05) is 45.3 Å². The van der Waals surface area contributed by atoms with Crippen LogP contribution in [-0.2, 0) is 13.0 Å². The van der Waals surface area contributed by atoms with Gasteiger partial charge < -0.3 is 9.64 Å². The highest BCUT2D eigenvalue weighted by Gasteiger charge is 2.29. The third kappa shape index (κ3) is 4.36. The smallest absolute Gasteiger partial charge is 0.225 e. The van der Waals surface area contributed by atoms with Crippen molar-refractivity contribution in [1.82, 2.24) is 14.9 Å². The van der Waals surface area contributed by atoms with E-state index in [0.29, 0.717) is 12.0 Å². The molecule has 6 heteroatoms. The molecular weight excluding hydrogens is 400 g/mol. The van der Waals surface area contributed by atoms with E-state index in [-0.39, 0.29) is 11.7 Å². The van der Waals surface area contributed by atoms with Gasteiger partial charge in [-0.25, -0.2) is 9.97 Å². The number of hydrogen-bond acceptors (Lipinski definition) is 6. The van der Waals surface area contributed by atoms with Crippen LogP contribution in [0.2, 0.25) is 0 Å². The predicted octanol–water partition coefficient (Wildman–Crippen LogP) is 3.72. The normalized spacial score (nSPS) is 19.0. The molecule has 0 amide bonds. The van der Waals surface area contributed by atoms with Crippen LogP contribution in [0.15, 0.2) is 60.8 Å². The zero-order valence-corrected chi connectivity index (χ0v) is 18.4. The molecule has 0 N–H and O–H groups in total. The van der Waals surface area contributed by atoms with Crippen LogP contribution in [0.5, 0.6) is 5.75 Å². The summed E-state index contributed by atoms with van der Waals surface area (Å²) in [7, 11) is 1.69. The molecule has 1 aliphatic heterocycles. The molecule has 1 aliphatic carbocycles. The Balaban J connectivity index is 1.24. The van der Waals surface area contributed by atoms with Gasteiger partial charge in [0.05, 0.1) is 18.4 Å². The number of piperazine rings is 1. The molecule has 6 nitrogen and oxygen atoms in total. The average molecular weight is 429 g/mol. The number of methoxy groups -OCH3 is 1. The molecule has 0 saturated carbocycles. The highest BCUT2D eigenvalue weighted by molar-refractivity contribution is 5.98. The van der Waals surface area contributed by atoms with Gasteiger partial charge in [0.2, 0.25) is 5.95 Å². The van der Waals surface area contributed by atoms with Gasteiger partial charge in [-0.05, 0) is 35.6 Å². The van der Waals surface area contributed by atoms with Crippen molar-refractivity contribution >= 4 is 11.7 Å². The Hall–Kier alpha value is -3.25. The minimum atomic E-state index is 0.149. The van der Waals surface area contributed by atoms with E-state index in [1.165, 1.54) is 11.1 Å². The Morgan fingerprint density at radius 3 is 2.44 bits per heavy atom. The molecule has 0 bridgehead atoms. The molecule has 1 atom stereocenters. The van der Waals surface area contributed by atoms with Gasteiger partial charge in [-0.15, -0.1) is 0 Å². The molecule has 3 aromatic rings. The second kappa shape index (κ2) is 9.09. The van der Waals surface area contributed by atoms with Gasteiger partial charge >= 0.3 is 0 Å². The van der Waals surface area contributed by atoms with E-state index in [0.717, 1.165) is 56.5 Å². The Morgan fingerprint density at radius 1 is 0.969 bits per heavy atom. The van der Waals surface area contributed by atoms with E-state index in [4.69, 9.17) is 9.72 Å². The van der Waals surface area contributed by atoms with Crippen LogP contribution < -0.4 is 9.64 Å². The Bertz CT molecular complexity index is 1080. The van der Waals surface area contributed by atoms with Crippen LogP contribution in [0, 0.1) is 0 Å². The second-order valence-electron chi connectivity index (χ2n) is 8.58. The van der Waals surface area contributed by atoms with Gasteiger partial charge in [0.15, 0.2) is 5.78 Å². The fourth-order valence-electron chi connectivity index (χ4n) is 4.64. The van der Waals surface area contributed by atoms with E-state index in [1.54, 1.807) is 13.3 Å². The van der Waals surface area contributed by atoms with Crippen molar-refractivity contribution in [3.63, 3.8) is 0 Å². The number of carbonyl (C=O) groups excluding carboxylic acids is 1. The van der Waals surface area contributed by atoms with Crippen LogP contribution in [-0.4, -0.2) is 53.9 Å². The van der Waals surface area contributed by atoms with Crippen molar-refractivity contribution in [3.8, 4) is 5.75 Å². The summed E-state index contributed by atoms with van der Waals surface area (Å²) in [4.78, 5) is 26.8. The first kappa shape index (κ1) is 20.6. The maximum absolute atomic E-state index is 12.7. The monoisotopic (exact) mass is 428 g/mol. The summed E-state index contributed by atoms with van der Waals surface area (Å²) in [6, 6.07) is 18.6. The van der Waals surface area contributed by atoms with Crippen molar-refractivity contribution < 1.29 is 9.53 Å². The molecule has 2 aromatic carbocycles. The SMILES string of the molecule is COc1ccc(CN2CCN(c3ncc4c(n3)CC(c3ccccc3)CC4=O)CC2)cc1. The van der Waals surface area contributed by atoms with Crippen LogP contribution in [0.1, 0.15) is 39.5 Å². The van der Waals surface area contributed by atoms with Crippen molar-refractivity contribution in [2.24, 2.45) is 0 Å². The lowest BCUT2D eigenvalue weighted by Crippen LogP contribution is -2.46. The van der Waals surface area contributed by atoms with Gasteiger partial charge in [0.1, 0.15) is 5.75 Å². The van der Waals surface area contributed by atoms with Gasteiger partial charge in [-0.2, -0.15) is 0 Å². The van der Waals surface area contributed by atoms with Crippen LogP contribution in [0.4, 0.5) is 5.95 Å². The first-order valence-corrected chi connectivity index (χ1v) is 11.2. The summed E-state index contributed by atoms with van der Waals surface area (Å²) in [5, 5.41) is 0. The van der Waals surface area contributed by atoms with Crippen molar-refractivity contribution in [1.29, 1.82) is 0 Å². The molecule has 1 saturated heterocycles. The van der Waals surface area contributed by atoms with Gasteiger partial charge in [-0.3, -0.25) is 9.69 Å². The number of nitrogens with zero attached hydrogens (tertiary/aromatic N) is 4. The van der Waals surface area contributed by atoms with E-state index in [1.807, 2.05) is 30.3 Å². The van der Waals surface area contributed by atoms with Gasteiger partial charge in [-0.1, -0.05) is 42.5 Å². The number of aromatic nitrogens is 2. The minimum absolute atomic E-state index is 0.149. The molecule has 1 fully saturated rings. The van der Waals surface area contributed by atoms with Crippen molar-refractivity contribution in [2.45, 2.75) is 25.3 Å².